The molecule has 3 fully saturated rings. The third-order valence-electron chi connectivity index (χ3n) is 9.61. The molecule has 12 heteroatoms. The van der Waals surface area contributed by atoms with Crippen LogP contribution in [-0.4, -0.2) is 38.5 Å². The fourth-order valence-corrected chi connectivity index (χ4v) is 8.96. The number of anilines is 2. The minimum absolute atomic E-state index is 0.0717. The number of benzene rings is 3. The molecule has 0 spiro atoms. The number of aryl methyl sites for hydroxylation is 1. The van der Waals surface area contributed by atoms with E-state index in [0.717, 1.165) is 27.5 Å². The monoisotopic (exact) mass is 730 g/mol. The summed E-state index contributed by atoms with van der Waals surface area (Å²) in [5, 5.41) is 11.5. The minimum atomic E-state index is -2.15. The van der Waals surface area contributed by atoms with E-state index >= 15 is 0 Å². The number of carbonyl (C=O) groups excluding carboxylic acids is 4. The minimum Gasteiger partial charge on any atom is -0.508 e. The Hall–Kier alpha value is -3.24. The number of allylic oxidation sites excluding steroid dienone is 2. The molecule has 2 heterocycles. The van der Waals surface area contributed by atoms with E-state index in [-0.39, 0.29) is 29.8 Å². The normalized spacial score (nSPS) is 30.8. The van der Waals surface area contributed by atoms with Gasteiger partial charge in [-0.05, 0) is 85.8 Å². The zero-order chi connectivity index (χ0) is 32.2. The van der Waals surface area contributed by atoms with Gasteiger partial charge in [0.2, 0.25) is 11.8 Å². The number of nitrogens with zero attached hydrogens (tertiary/aromatic N) is 2. The van der Waals surface area contributed by atoms with E-state index in [1.54, 1.807) is 36.4 Å². The topological polar surface area (TPSA) is 95.0 Å². The Morgan fingerprint density at radius 1 is 0.889 bits per heavy atom. The number of halogens is 5. The number of rotatable bonds is 3. The van der Waals surface area contributed by atoms with Gasteiger partial charge < -0.3 is 5.11 Å². The summed E-state index contributed by atoms with van der Waals surface area (Å²) in [6, 6.07) is 14.3. The SMILES string of the molecule is Cc1ccc(N2C(=O)C3CC=C4C(CC5(Cl)C(=O)N(c6ccc(F)cc6)C(=O)C5(Cl)C4c4cc(Br)ccc4O)C3C2=O)cc1Cl. The van der Waals surface area contributed by atoms with E-state index in [1.807, 2.05) is 6.92 Å². The van der Waals surface area contributed by atoms with Crippen molar-refractivity contribution >= 4 is 85.7 Å². The van der Waals surface area contributed by atoms with Crippen molar-refractivity contribution in [3.63, 3.8) is 0 Å². The molecule has 2 aliphatic carbocycles. The highest BCUT2D eigenvalue weighted by atomic mass is 79.9. The summed E-state index contributed by atoms with van der Waals surface area (Å²) in [5.74, 6) is -6.97. The van der Waals surface area contributed by atoms with Crippen LogP contribution in [0.2, 0.25) is 5.02 Å². The van der Waals surface area contributed by atoms with E-state index in [9.17, 15) is 28.7 Å². The Bertz CT molecular complexity index is 1890. The molecule has 0 radical (unpaired) electrons. The number of carbonyl (C=O) groups is 4. The highest BCUT2D eigenvalue weighted by Crippen LogP contribution is 2.66. The van der Waals surface area contributed by atoms with Crippen molar-refractivity contribution in [2.75, 3.05) is 9.80 Å². The van der Waals surface area contributed by atoms with Crippen LogP contribution in [0.5, 0.6) is 5.75 Å². The predicted octanol–water partition coefficient (Wildman–Crippen LogP) is 7.02. The Balaban J connectivity index is 1.41. The van der Waals surface area contributed by atoms with Gasteiger partial charge in [-0.15, -0.1) is 23.2 Å². The number of fused-ring (bicyclic) bond motifs is 4. The van der Waals surface area contributed by atoms with Crippen molar-refractivity contribution in [3.8, 4) is 5.75 Å². The van der Waals surface area contributed by atoms with Crippen LogP contribution in [0.3, 0.4) is 0 Å². The van der Waals surface area contributed by atoms with Crippen LogP contribution in [-0.2, 0) is 19.2 Å². The third-order valence-corrected chi connectivity index (χ3v) is 11.9. The highest BCUT2D eigenvalue weighted by Gasteiger charge is 2.77. The molecule has 1 N–H and O–H groups in total. The molecule has 6 unspecified atom stereocenters. The fraction of sp³-hybridized carbons (Fsp3) is 0.273. The van der Waals surface area contributed by atoms with Gasteiger partial charge in [-0.25, -0.2) is 14.2 Å². The summed E-state index contributed by atoms with van der Waals surface area (Å²) in [6.07, 6.45) is 1.71. The lowest BCUT2D eigenvalue weighted by Crippen LogP contribution is -2.60. The first-order valence-corrected chi connectivity index (χ1v) is 16.1. The molecule has 2 saturated heterocycles. The zero-order valence-corrected chi connectivity index (χ0v) is 27.3. The summed E-state index contributed by atoms with van der Waals surface area (Å²) in [4.78, 5) is 54.4. The highest BCUT2D eigenvalue weighted by molar-refractivity contribution is 9.10. The van der Waals surface area contributed by atoms with Crippen molar-refractivity contribution < 1.29 is 28.7 Å². The zero-order valence-electron chi connectivity index (χ0n) is 23.4. The van der Waals surface area contributed by atoms with Gasteiger partial charge in [0.05, 0.1) is 23.2 Å². The van der Waals surface area contributed by atoms with Crippen molar-refractivity contribution in [2.24, 2.45) is 17.8 Å². The lowest BCUT2D eigenvalue weighted by Gasteiger charge is -2.50. The van der Waals surface area contributed by atoms with Gasteiger partial charge in [-0.3, -0.25) is 19.2 Å². The Kier molecular flexibility index (Phi) is 7.02. The number of hydrogen-bond acceptors (Lipinski definition) is 5. The second kappa shape index (κ2) is 10.4. The predicted molar refractivity (Wildman–Crippen MR) is 171 cm³/mol. The number of aromatic hydroxyl groups is 1. The Labute approximate surface area is 280 Å². The van der Waals surface area contributed by atoms with Crippen LogP contribution in [0.15, 0.2) is 76.8 Å². The van der Waals surface area contributed by atoms with Crippen LogP contribution in [0.25, 0.3) is 0 Å². The molecule has 0 aromatic heterocycles. The van der Waals surface area contributed by atoms with E-state index < -0.39 is 62.9 Å². The molecule has 7 rings (SSSR count). The van der Waals surface area contributed by atoms with Gasteiger partial charge in [0.25, 0.3) is 11.8 Å². The van der Waals surface area contributed by atoms with E-state index in [1.165, 1.54) is 18.2 Å². The summed E-state index contributed by atoms with van der Waals surface area (Å²) >= 11 is 24.4. The van der Waals surface area contributed by atoms with Gasteiger partial charge >= 0.3 is 0 Å². The average Bonchev–Trinajstić information content (AvgIpc) is 3.34. The van der Waals surface area contributed by atoms with Gasteiger partial charge in [-0.1, -0.05) is 45.2 Å². The molecular weight excluding hydrogens is 710 g/mol. The first kappa shape index (κ1) is 30.4. The molecule has 230 valence electrons. The number of amides is 4. The lowest BCUT2D eigenvalue weighted by atomic mass is 9.56. The van der Waals surface area contributed by atoms with Crippen molar-refractivity contribution in [2.45, 2.75) is 35.4 Å². The second-order valence-electron chi connectivity index (χ2n) is 11.9. The average molecular weight is 733 g/mol. The molecule has 2 aliphatic heterocycles. The summed E-state index contributed by atoms with van der Waals surface area (Å²) in [6.45, 7) is 1.81. The maximum atomic E-state index is 14.4. The van der Waals surface area contributed by atoms with Gasteiger partial charge in [-0.2, -0.15) is 0 Å². The molecule has 1 saturated carbocycles. The van der Waals surface area contributed by atoms with Crippen molar-refractivity contribution in [1.82, 2.24) is 0 Å². The maximum Gasteiger partial charge on any atom is 0.258 e. The number of phenolic OH excluding ortho intramolecular Hbond substituents is 1. The van der Waals surface area contributed by atoms with E-state index in [0.29, 0.717) is 20.8 Å². The van der Waals surface area contributed by atoms with E-state index in [2.05, 4.69) is 15.9 Å². The molecule has 6 atom stereocenters. The van der Waals surface area contributed by atoms with Crippen molar-refractivity contribution in [3.05, 3.63) is 98.8 Å². The maximum absolute atomic E-state index is 14.4. The molecule has 3 aromatic rings. The quantitative estimate of drug-likeness (QED) is 0.178. The molecule has 4 aliphatic rings. The summed E-state index contributed by atoms with van der Waals surface area (Å²) in [7, 11) is 0. The number of phenols is 1. The summed E-state index contributed by atoms with van der Waals surface area (Å²) in [5.41, 5.74) is 1.93. The van der Waals surface area contributed by atoms with Crippen LogP contribution in [0, 0.1) is 30.5 Å². The third kappa shape index (κ3) is 4.13. The van der Waals surface area contributed by atoms with Gasteiger partial charge in [0, 0.05) is 21.0 Å². The number of imide groups is 2. The Morgan fingerprint density at radius 2 is 1.58 bits per heavy atom. The number of alkyl halides is 2. The summed E-state index contributed by atoms with van der Waals surface area (Å²) < 4.78 is 14.4. The molecule has 4 amide bonds. The molecule has 0 bridgehead atoms. The number of hydrogen-bond donors (Lipinski definition) is 1. The fourth-order valence-electron chi connectivity index (χ4n) is 7.48. The first-order valence-electron chi connectivity index (χ1n) is 14.1. The lowest BCUT2D eigenvalue weighted by molar-refractivity contribution is -0.125. The molecule has 45 heavy (non-hydrogen) atoms. The Morgan fingerprint density at radius 3 is 2.27 bits per heavy atom. The molecule has 3 aromatic carbocycles. The van der Waals surface area contributed by atoms with Crippen molar-refractivity contribution in [1.29, 1.82) is 0 Å². The largest absolute Gasteiger partial charge is 0.508 e. The molecular formula is C33H23BrCl3FN2O5. The van der Waals surface area contributed by atoms with Crippen LogP contribution >= 0.6 is 50.7 Å². The van der Waals surface area contributed by atoms with Gasteiger partial charge in [0.15, 0.2) is 9.75 Å². The van der Waals surface area contributed by atoms with E-state index in [4.69, 9.17) is 34.8 Å². The molecule has 7 nitrogen and oxygen atoms in total. The van der Waals surface area contributed by atoms with Crippen LogP contribution in [0.1, 0.15) is 29.9 Å². The smallest absolute Gasteiger partial charge is 0.258 e. The van der Waals surface area contributed by atoms with Crippen LogP contribution < -0.4 is 9.80 Å². The van der Waals surface area contributed by atoms with Gasteiger partial charge in [0.1, 0.15) is 11.6 Å². The standard InChI is InChI=1S/C33H23BrCl3FN2O5/c1-15-2-6-19(13-24(15)35)39-28(42)21-10-9-20-23(26(21)29(39)43)14-32(36)30(44)40(18-7-4-17(38)5-8-18)31(45)33(32,37)27(20)22-12-16(34)3-11-25(22)41/h2-9,11-13,21,23,26-27,41H,10,14H2,1H3. The first-order chi connectivity index (χ1) is 21.3. The van der Waals surface area contributed by atoms with Crippen LogP contribution in [0.4, 0.5) is 15.8 Å². The second-order valence-corrected chi connectivity index (χ2v) is 14.5.